The fourth-order valence-electron chi connectivity index (χ4n) is 3.53. The van der Waals surface area contributed by atoms with Crippen LogP contribution in [0, 0.1) is 6.92 Å². The molecule has 1 aliphatic heterocycles. The molecule has 1 atom stereocenters. The summed E-state index contributed by atoms with van der Waals surface area (Å²) in [5, 5.41) is 2.60. The van der Waals surface area contributed by atoms with Crippen LogP contribution < -0.4 is 0 Å². The molecule has 2 heterocycles. The van der Waals surface area contributed by atoms with Gasteiger partial charge in [0.2, 0.25) is 0 Å². The van der Waals surface area contributed by atoms with E-state index in [4.69, 9.17) is 4.74 Å². The monoisotopic (exact) mass is 321 g/mol. The smallest absolute Gasteiger partial charge is 0.139 e. The van der Waals surface area contributed by atoms with Crippen molar-refractivity contribution in [2.75, 3.05) is 19.7 Å². The Hall–Kier alpha value is -2.17. The summed E-state index contributed by atoms with van der Waals surface area (Å²) in [5.74, 6) is 1.02. The molecule has 1 saturated heterocycles. The van der Waals surface area contributed by atoms with E-state index in [-0.39, 0.29) is 6.10 Å². The fraction of sp³-hybridized carbons (Fsp3) is 0.350. The first-order chi connectivity index (χ1) is 11.7. The van der Waals surface area contributed by atoms with Gasteiger partial charge in [-0.25, -0.2) is 4.98 Å². The van der Waals surface area contributed by atoms with Crippen molar-refractivity contribution in [3.05, 3.63) is 65.7 Å². The zero-order valence-electron chi connectivity index (χ0n) is 14.3. The second-order valence-corrected chi connectivity index (χ2v) is 6.63. The van der Waals surface area contributed by atoms with E-state index in [1.54, 1.807) is 0 Å². The molecule has 4 rings (SSSR count). The van der Waals surface area contributed by atoms with Crippen molar-refractivity contribution in [1.82, 2.24) is 14.5 Å². The molecule has 1 aliphatic rings. The van der Waals surface area contributed by atoms with Gasteiger partial charge in [-0.05, 0) is 29.3 Å². The third kappa shape index (κ3) is 3.07. The standard InChI is InChI=1S/C20H23N3O/c1-15-12-22(2)20(21-15)19-14-23(9-10-24-19)13-16-7-8-17-5-3-4-6-18(17)11-16/h3-8,11-12,19H,9-10,13-14H2,1-2H3/t19-/m1/s1. The summed E-state index contributed by atoms with van der Waals surface area (Å²) in [4.78, 5) is 7.09. The van der Waals surface area contributed by atoms with E-state index in [0.29, 0.717) is 0 Å². The summed E-state index contributed by atoms with van der Waals surface area (Å²) in [6.45, 7) is 5.58. The molecule has 24 heavy (non-hydrogen) atoms. The van der Waals surface area contributed by atoms with Crippen LogP contribution in [0.4, 0.5) is 0 Å². The van der Waals surface area contributed by atoms with Crippen molar-refractivity contribution < 1.29 is 4.74 Å². The highest BCUT2D eigenvalue weighted by Gasteiger charge is 2.25. The molecule has 0 spiro atoms. The van der Waals surface area contributed by atoms with Crippen LogP contribution in [-0.4, -0.2) is 34.1 Å². The molecule has 4 nitrogen and oxygen atoms in total. The molecule has 0 bridgehead atoms. The predicted octanol–water partition coefficient (Wildman–Crippen LogP) is 3.46. The molecule has 0 saturated carbocycles. The average Bonchev–Trinajstić information content (AvgIpc) is 2.93. The zero-order valence-corrected chi connectivity index (χ0v) is 14.3. The van der Waals surface area contributed by atoms with Crippen LogP contribution in [0.25, 0.3) is 10.8 Å². The summed E-state index contributed by atoms with van der Waals surface area (Å²) in [5.41, 5.74) is 2.40. The predicted molar refractivity (Wildman–Crippen MR) is 95.9 cm³/mol. The lowest BCUT2D eigenvalue weighted by atomic mass is 10.1. The lowest BCUT2D eigenvalue weighted by Crippen LogP contribution is -2.38. The molecule has 2 aromatic carbocycles. The number of hydrogen-bond donors (Lipinski definition) is 0. The molecule has 1 fully saturated rings. The normalized spacial score (nSPS) is 19.0. The Kier molecular flexibility index (Phi) is 4.08. The Morgan fingerprint density at radius 2 is 2.00 bits per heavy atom. The van der Waals surface area contributed by atoms with Crippen LogP contribution in [0.5, 0.6) is 0 Å². The number of rotatable bonds is 3. The minimum atomic E-state index is 0.0536. The summed E-state index contributed by atoms with van der Waals surface area (Å²) in [6.07, 6.45) is 2.11. The van der Waals surface area contributed by atoms with E-state index in [9.17, 15) is 0 Å². The third-order valence-electron chi connectivity index (χ3n) is 4.69. The summed E-state index contributed by atoms with van der Waals surface area (Å²) in [6, 6.07) is 15.3. The quantitative estimate of drug-likeness (QED) is 0.740. The van der Waals surface area contributed by atoms with Crippen molar-refractivity contribution >= 4 is 10.8 Å². The van der Waals surface area contributed by atoms with Gasteiger partial charge in [0.05, 0.1) is 12.3 Å². The summed E-state index contributed by atoms with van der Waals surface area (Å²) >= 11 is 0. The molecule has 4 heteroatoms. The third-order valence-corrected chi connectivity index (χ3v) is 4.69. The topological polar surface area (TPSA) is 30.3 Å². The molecule has 0 unspecified atom stereocenters. The van der Waals surface area contributed by atoms with Gasteiger partial charge in [0, 0.05) is 32.9 Å². The number of nitrogens with zero attached hydrogens (tertiary/aromatic N) is 3. The molecule has 0 radical (unpaired) electrons. The highest BCUT2D eigenvalue weighted by molar-refractivity contribution is 5.82. The van der Waals surface area contributed by atoms with Crippen LogP contribution in [-0.2, 0) is 18.3 Å². The molecule has 0 aliphatic carbocycles. The van der Waals surface area contributed by atoms with E-state index in [1.807, 2.05) is 14.0 Å². The SMILES string of the molecule is Cc1cn(C)c([C@H]2CN(Cc3ccc4ccccc4c3)CCO2)n1. The second-order valence-electron chi connectivity index (χ2n) is 6.63. The molecular weight excluding hydrogens is 298 g/mol. The van der Waals surface area contributed by atoms with Gasteiger partial charge in [-0.3, -0.25) is 4.90 Å². The lowest BCUT2D eigenvalue weighted by Gasteiger charge is -2.32. The first kappa shape index (κ1) is 15.4. The van der Waals surface area contributed by atoms with Gasteiger partial charge >= 0.3 is 0 Å². The fourth-order valence-corrected chi connectivity index (χ4v) is 3.53. The Bertz CT molecular complexity index is 855. The largest absolute Gasteiger partial charge is 0.368 e. The van der Waals surface area contributed by atoms with E-state index < -0.39 is 0 Å². The van der Waals surface area contributed by atoms with Crippen molar-refractivity contribution in [3.8, 4) is 0 Å². The highest BCUT2D eigenvalue weighted by Crippen LogP contribution is 2.23. The van der Waals surface area contributed by atoms with Gasteiger partial charge in [-0.1, -0.05) is 36.4 Å². The van der Waals surface area contributed by atoms with Gasteiger partial charge in [0.1, 0.15) is 11.9 Å². The number of hydrogen-bond acceptors (Lipinski definition) is 3. The van der Waals surface area contributed by atoms with Crippen LogP contribution >= 0.6 is 0 Å². The Morgan fingerprint density at radius 3 is 2.79 bits per heavy atom. The van der Waals surface area contributed by atoms with Crippen molar-refractivity contribution in [2.24, 2.45) is 7.05 Å². The summed E-state index contributed by atoms with van der Waals surface area (Å²) in [7, 11) is 2.04. The maximum absolute atomic E-state index is 5.97. The summed E-state index contributed by atoms with van der Waals surface area (Å²) < 4.78 is 8.05. The molecule has 3 aromatic rings. The molecule has 124 valence electrons. The maximum atomic E-state index is 5.97. The van der Waals surface area contributed by atoms with Gasteiger partial charge in [0.25, 0.3) is 0 Å². The van der Waals surface area contributed by atoms with Gasteiger partial charge in [-0.2, -0.15) is 0 Å². The number of aryl methyl sites for hydroxylation is 2. The minimum absolute atomic E-state index is 0.0536. The lowest BCUT2D eigenvalue weighted by molar-refractivity contribution is -0.0384. The maximum Gasteiger partial charge on any atom is 0.139 e. The molecule has 0 amide bonds. The Labute approximate surface area is 142 Å². The van der Waals surface area contributed by atoms with Gasteiger partial charge in [0.15, 0.2) is 0 Å². The van der Waals surface area contributed by atoms with E-state index in [1.165, 1.54) is 16.3 Å². The number of benzene rings is 2. The highest BCUT2D eigenvalue weighted by atomic mass is 16.5. The van der Waals surface area contributed by atoms with Crippen molar-refractivity contribution in [1.29, 1.82) is 0 Å². The molecule has 1 aromatic heterocycles. The van der Waals surface area contributed by atoms with Crippen molar-refractivity contribution in [2.45, 2.75) is 19.6 Å². The van der Waals surface area contributed by atoms with Crippen LogP contribution in [0.15, 0.2) is 48.7 Å². The van der Waals surface area contributed by atoms with E-state index in [2.05, 4.69) is 63.1 Å². The van der Waals surface area contributed by atoms with Crippen LogP contribution in [0.2, 0.25) is 0 Å². The van der Waals surface area contributed by atoms with Gasteiger partial charge < -0.3 is 9.30 Å². The number of ether oxygens (including phenoxy) is 1. The first-order valence-electron chi connectivity index (χ1n) is 8.50. The average molecular weight is 321 g/mol. The first-order valence-corrected chi connectivity index (χ1v) is 8.50. The number of imidazole rings is 1. The number of morpholine rings is 1. The molecule has 0 N–H and O–H groups in total. The number of aromatic nitrogens is 2. The van der Waals surface area contributed by atoms with E-state index >= 15 is 0 Å². The minimum Gasteiger partial charge on any atom is -0.368 e. The second kappa shape index (κ2) is 6.38. The number of fused-ring (bicyclic) bond motifs is 1. The molecular formula is C20H23N3O. The Balaban J connectivity index is 1.50. The van der Waals surface area contributed by atoms with Gasteiger partial charge in [-0.15, -0.1) is 0 Å². The van der Waals surface area contributed by atoms with Crippen molar-refractivity contribution in [3.63, 3.8) is 0 Å². The zero-order chi connectivity index (χ0) is 16.5. The van der Waals surface area contributed by atoms with Crippen LogP contribution in [0.3, 0.4) is 0 Å². The Morgan fingerprint density at radius 1 is 1.17 bits per heavy atom. The van der Waals surface area contributed by atoms with E-state index in [0.717, 1.165) is 37.8 Å². The van der Waals surface area contributed by atoms with Crippen LogP contribution in [0.1, 0.15) is 23.2 Å².